The summed E-state index contributed by atoms with van der Waals surface area (Å²) < 4.78 is 0. The van der Waals surface area contributed by atoms with Crippen LogP contribution in [0.5, 0.6) is 0 Å². The molecule has 2 aliphatic rings. The number of hydrogen-bond donors (Lipinski definition) is 2. The van der Waals surface area contributed by atoms with E-state index in [1.54, 1.807) is 0 Å². The van der Waals surface area contributed by atoms with Crippen LogP contribution in [0.2, 0.25) is 0 Å². The van der Waals surface area contributed by atoms with E-state index in [9.17, 15) is 0 Å². The van der Waals surface area contributed by atoms with E-state index in [0.717, 1.165) is 6.54 Å². The van der Waals surface area contributed by atoms with Crippen molar-refractivity contribution in [3.05, 3.63) is 0 Å². The van der Waals surface area contributed by atoms with Crippen molar-refractivity contribution in [2.24, 2.45) is 0 Å². The van der Waals surface area contributed by atoms with Crippen LogP contribution in [0.25, 0.3) is 0 Å². The van der Waals surface area contributed by atoms with E-state index in [1.165, 1.54) is 38.8 Å². The number of rotatable bonds is 3. The lowest BCUT2D eigenvalue weighted by atomic mass is 10.2. The number of nitrogens with zero attached hydrogens (tertiary/aromatic N) is 1. The Morgan fingerprint density at radius 2 is 2.23 bits per heavy atom. The van der Waals surface area contributed by atoms with E-state index in [-0.39, 0.29) is 0 Å². The Labute approximate surface area is 80.1 Å². The van der Waals surface area contributed by atoms with Crippen molar-refractivity contribution in [2.45, 2.75) is 37.8 Å². The predicted octanol–water partition coefficient (Wildman–Crippen LogP) is 0.195. The van der Waals surface area contributed by atoms with Gasteiger partial charge in [-0.3, -0.25) is 4.90 Å². The second-order valence-electron chi connectivity index (χ2n) is 4.27. The van der Waals surface area contributed by atoms with Gasteiger partial charge in [0.05, 0.1) is 6.61 Å². The zero-order chi connectivity index (χ0) is 9.10. The summed E-state index contributed by atoms with van der Waals surface area (Å²) >= 11 is 0. The van der Waals surface area contributed by atoms with Crippen molar-refractivity contribution >= 4 is 0 Å². The van der Waals surface area contributed by atoms with Crippen LogP contribution < -0.4 is 5.32 Å². The molecule has 0 unspecified atom stereocenters. The molecule has 0 aromatic carbocycles. The van der Waals surface area contributed by atoms with Crippen LogP contribution in [0.1, 0.15) is 25.7 Å². The zero-order valence-corrected chi connectivity index (χ0v) is 8.21. The highest BCUT2D eigenvalue weighted by molar-refractivity contribution is 4.84. The minimum Gasteiger partial charge on any atom is -0.395 e. The first kappa shape index (κ1) is 9.44. The third-order valence-corrected chi connectivity index (χ3v) is 3.33. The molecule has 13 heavy (non-hydrogen) atoms. The van der Waals surface area contributed by atoms with Crippen molar-refractivity contribution < 1.29 is 5.11 Å². The molecule has 2 fully saturated rings. The summed E-state index contributed by atoms with van der Waals surface area (Å²) in [6, 6.07) is 1.13. The fraction of sp³-hybridized carbons (Fsp3) is 1.00. The largest absolute Gasteiger partial charge is 0.395 e. The van der Waals surface area contributed by atoms with Gasteiger partial charge in [0.15, 0.2) is 0 Å². The van der Waals surface area contributed by atoms with Gasteiger partial charge in [-0.25, -0.2) is 0 Å². The maximum atomic E-state index is 9.15. The van der Waals surface area contributed by atoms with Gasteiger partial charge in [-0.2, -0.15) is 0 Å². The van der Waals surface area contributed by atoms with Crippen molar-refractivity contribution in [2.75, 3.05) is 26.2 Å². The summed E-state index contributed by atoms with van der Waals surface area (Å²) in [6.45, 7) is 3.85. The topological polar surface area (TPSA) is 35.5 Å². The summed E-state index contributed by atoms with van der Waals surface area (Å²) in [6.07, 6.45) is 5.08. The molecular weight excluding hydrogens is 164 g/mol. The van der Waals surface area contributed by atoms with Crippen LogP contribution in [-0.2, 0) is 0 Å². The lowest BCUT2D eigenvalue weighted by Crippen LogP contribution is -2.41. The molecule has 0 saturated carbocycles. The first-order valence-electron chi connectivity index (χ1n) is 5.48. The van der Waals surface area contributed by atoms with E-state index in [4.69, 9.17) is 5.11 Å². The van der Waals surface area contributed by atoms with Crippen molar-refractivity contribution in [3.63, 3.8) is 0 Å². The lowest BCUT2D eigenvalue weighted by molar-refractivity contribution is 0.150. The number of likely N-dealkylation sites (tertiary alicyclic amines) is 1. The van der Waals surface area contributed by atoms with Crippen LogP contribution in [0.3, 0.4) is 0 Å². The number of hydrogen-bond acceptors (Lipinski definition) is 3. The molecule has 2 aliphatic heterocycles. The Morgan fingerprint density at radius 1 is 1.31 bits per heavy atom. The summed E-state index contributed by atoms with van der Waals surface area (Å²) in [5.74, 6) is 0. The predicted molar refractivity (Wildman–Crippen MR) is 52.7 cm³/mol. The Bertz CT molecular complexity index is 157. The van der Waals surface area contributed by atoms with Crippen molar-refractivity contribution in [1.29, 1.82) is 0 Å². The molecular formula is C10H20N2O. The van der Waals surface area contributed by atoms with Crippen LogP contribution in [-0.4, -0.2) is 48.3 Å². The van der Waals surface area contributed by atoms with E-state index in [0.29, 0.717) is 18.7 Å². The van der Waals surface area contributed by atoms with Gasteiger partial charge in [-0.1, -0.05) is 0 Å². The Balaban J connectivity index is 1.79. The Morgan fingerprint density at radius 3 is 2.92 bits per heavy atom. The van der Waals surface area contributed by atoms with Crippen LogP contribution in [0.15, 0.2) is 0 Å². The van der Waals surface area contributed by atoms with E-state index in [1.807, 2.05) is 0 Å². The molecule has 0 spiro atoms. The van der Waals surface area contributed by atoms with Gasteiger partial charge < -0.3 is 10.4 Å². The number of aliphatic hydroxyl groups is 1. The third kappa shape index (κ3) is 2.22. The quantitative estimate of drug-likeness (QED) is 0.657. The van der Waals surface area contributed by atoms with Crippen LogP contribution in [0.4, 0.5) is 0 Å². The van der Waals surface area contributed by atoms with Crippen LogP contribution in [0, 0.1) is 0 Å². The lowest BCUT2D eigenvalue weighted by Gasteiger charge is -2.25. The molecule has 0 amide bonds. The molecule has 0 bridgehead atoms. The zero-order valence-electron chi connectivity index (χ0n) is 8.21. The first-order chi connectivity index (χ1) is 6.40. The van der Waals surface area contributed by atoms with Gasteiger partial charge in [0.2, 0.25) is 0 Å². The summed E-state index contributed by atoms with van der Waals surface area (Å²) in [7, 11) is 0. The van der Waals surface area contributed by atoms with E-state index < -0.39 is 0 Å². The normalized spacial score (nSPS) is 35.8. The second kappa shape index (κ2) is 4.40. The molecule has 2 atom stereocenters. The van der Waals surface area contributed by atoms with E-state index in [2.05, 4.69) is 10.2 Å². The van der Waals surface area contributed by atoms with Gasteiger partial charge in [0.25, 0.3) is 0 Å². The fourth-order valence-corrected chi connectivity index (χ4v) is 2.54. The van der Waals surface area contributed by atoms with Gasteiger partial charge >= 0.3 is 0 Å². The maximum absolute atomic E-state index is 9.15. The SMILES string of the molecule is OC[C@H]1CCCN1C[C@@H]1CCCN1. The average Bonchev–Trinajstić information content (AvgIpc) is 2.76. The monoisotopic (exact) mass is 184 g/mol. The van der Waals surface area contributed by atoms with Crippen molar-refractivity contribution in [3.8, 4) is 0 Å². The molecule has 0 radical (unpaired) electrons. The van der Waals surface area contributed by atoms with Gasteiger partial charge in [-0.05, 0) is 38.8 Å². The van der Waals surface area contributed by atoms with E-state index >= 15 is 0 Å². The Hall–Kier alpha value is -0.120. The highest BCUT2D eigenvalue weighted by Gasteiger charge is 2.26. The Kier molecular flexibility index (Phi) is 3.19. The van der Waals surface area contributed by atoms with Gasteiger partial charge in [0, 0.05) is 18.6 Å². The maximum Gasteiger partial charge on any atom is 0.0586 e. The smallest absolute Gasteiger partial charge is 0.0586 e. The molecule has 2 heterocycles. The van der Waals surface area contributed by atoms with Gasteiger partial charge in [0.1, 0.15) is 0 Å². The van der Waals surface area contributed by atoms with Crippen LogP contribution >= 0.6 is 0 Å². The molecule has 3 nitrogen and oxygen atoms in total. The first-order valence-corrected chi connectivity index (χ1v) is 5.48. The molecule has 76 valence electrons. The minimum absolute atomic E-state index is 0.340. The molecule has 3 heteroatoms. The highest BCUT2D eigenvalue weighted by Crippen LogP contribution is 2.18. The second-order valence-corrected chi connectivity index (χ2v) is 4.27. The molecule has 2 saturated heterocycles. The molecule has 0 aliphatic carbocycles. The number of nitrogens with one attached hydrogen (secondary N) is 1. The molecule has 0 aromatic heterocycles. The molecule has 0 aromatic rings. The summed E-state index contributed by atoms with van der Waals surface area (Å²) in [5, 5.41) is 12.7. The molecule has 2 rings (SSSR count). The van der Waals surface area contributed by atoms with Crippen molar-refractivity contribution in [1.82, 2.24) is 10.2 Å². The summed E-state index contributed by atoms with van der Waals surface area (Å²) in [4.78, 5) is 2.45. The standard InChI is InChI=1S/C10H20N2O/c13-8-10-4-2-6-12(10)7-9-3-1-5-11-9/h9-11,13H,1-8H2/t9-,10+/m0/s1. The number of aliphatic hydroxyl groups excluding tert-OH is 1. The highest BCUT2D eigenvalue weighted by atomic mass is 16.3. The third-order valence-electron chi connectivity index (χ3n) is 3.33. The fourth-order valence-electron chi connectivity index (χ4n) is 2.54. The molecule has 2 N–H and O–H groups in total. The van der Waals surface area contributed by atoms with Gasteiger partial charge in [-0.15, -0.1) is 0 Å². The minimum atomic E-state index is 0.340. The summed E-state index contributed by atoms with van der Waals surface area (Å²) in [5.41, 5.74) is 0. The average molecular weight is 184 g/mol.